The van der Waals surface area contributed by atoms with Crippen molar-refractivity contribution in [3.05, 3.63) is 29.8 Å². The second kappa shape index (κ2) is 5.01. The van der Waals surface area contributed by atoms with Crippen molar-refractivity contribution in [3.8, 4) is 0 Å². The Balaban J connectivity index is 2.25. The number of halogens is 3. The summed E-state index contributed by atoms with van der Waals surface area (Å²) in [6, 6.07) is 4.09. The molecule has 1 fully saturated rings. The molecule has 20 heavy (non-hydrogen) atoms. The normalized spacial score (nSPS) is 18.6. The molecule has 1 aliphatic rings. The fourth-order valence-corrected chi connectivity index (χ4v) is 3.42. The fraction of sp³-hybridized carbons (Fsp3) is 0.500. The molecule has 2 rings (SSSR count). The number of nitrogens with two attached hydrogens (primary N) is 1. The van der Waals surface area contributed by atoms with Gasteiger partial charge in [-0.1, -0.05) is 12.1 Å². The minimum absolute atomic E-state index is 0.0540. The molecule has 0 bridgehead atoms. The second-order valence-corrected chi connectivity index (χ2v) is 6.77. The van der Waals surface area contributed by atoms with Crippen molar-refractivity contribution < 1.29 is 21.6 Å². The minimum Gasteiger partial charge on any atom is -0.324 e. The van der Waals surface area contributed by atoms with E-state index in [0.717, 1.165) is 24.6 Å². The lowest BCUT2D eigenvalue weighted by atomic mass is 9.78. The lowest BCUT2D eigenvalue weighted by Crippen LogP contribution is -2.54. The number of hydrogen-bond acceptors (Lipinski definition) is 3. The Morgan fingerprint density at radius 1 is 1.25 bits per heavy atom. The van der Waals surface area contributed by atoms with Crippen molar-refractivity contribution in [2.24, 2.45) is 5.73 Å². The average molecular weight is 308 g/mol. The molecule has 0 aliphatic heterocycles. The lowest BCUT2D eigenvalue weighted by Gasteiger charge is -2.38. The molecule has 0 atom stereocenters. The molecule has 1 aromatic carbocycles. The molecule has 0 spiro atoms. The highest BCUT2D eigenvalue weighted by Crippen LogP contribution is 2.34. The van der Waals surface area contributed by atoms with E-state index in [1.807, 2.05) is 0 Å². The Kier molecular flexibility index (Phi) is 3.83. The van der Waals surface area contributed by atoms with Crippen LogP contribution in [-0.2, 0) is 16.2 Å². The Hall–Kier alpha value is -1.12. The van der Waals surface area contributed by atoms with Crippen LogP contribution in [0.4, 0.5) is 13.2 Å². The molecule has 1 aliphatic carbocycles. The maximum atomic E-state index is 12.8. The van der Waals surface area contributed by atoms with Crippen LogP contribution in [0.3, 0.4) is 0 Å². The van der Waals surface area contributed by atoms with Gasteiger partial charge in [-0.05, 0) is 31.4 Å². The lowest BCUT2D eigenvalue weighted by molar-refractivity contribution is -0.139. The van der Waals surface area contributed by atoms with Crippen LogP contribution in [0.15, 0.2) is 29.2 Å². The highest BCUT2D eigenvalue weighted by molar-refractivity contribution is 7.89. The summed E-state index contributed by atoms with van der Waals surface area (Å²) < 4.78 is 64.7. The van der Waals surface area contributed by atoms with Gasteiger partial charge in [-0.15, -0.1) is 0 Å². The molecule has 1 saturated carbocycles. The summed E-state index contributed by atoms with van der Waals surface area (Å²) >= 11 is 0. The maximum Gasteiger partial charge on any atom is 0.417 e. The topological polar surface area (TPSA) is 72.2 Å². The maximum absolute atomic E-state index is 12.8. The van der Waals surface area contributed by atoms with Crippen LogP contribution in [0.1, 0.15) is 24.8 Å². The number of hydrogen-bond donors (Lipinski definition) is 2. The fourth-order valence-electron chi connectivity index (χ4n) is 2.06. The minimum atomic E-state index is -4.72. The number of nitrogens with one attached hydrogen (secondary N) is 1. The zero-order valence-electron chi connectivity index (χ0n) is 10.6. The van der Waals surface area contributed by atoms with E-state index in [1.165, 1.54) is 6.07 Å². The zero-order chi connectivity index (χ0) is 15.0. The molecule has 0 heterocycles. The predicted octanol–water partition coefficient (Wildman–Crippen LogP) is 1.87. The third kappa shape index (κ3) is 3.13. The van der Waals surface area contributed by atoms with Crippen LogP contribution in [-0.4, -0.2) is 20.5 Å². The molecule has 0 radical (unpaired) electrons. The smallest absolute Gasteiger partial charge is 0.324 e. The molecular weight excluding hydrogens is 293 g/mol. The number of sulfonamides is 1. The van der Waals surface area contributed by atoms with Crippen LogP contribution in [0, 0.1) is 0 Å². The Bertz CT molecular complexity index is 595. The highest BCUT2D eigenvalue weighted by atomic mass is 32.2. The van der Waals surface area contributed by atoms with Gasteiger partial charge in [0.1, 0.15) is 0 Å². The number of benzene rings is 1. The molecule has 4 nitrogen and oxygen atoms in total. The first-order chi connectivity index (χ1) is 9.14. The first-order valence-corrected chi connectivity index (χ1v) is 7.57. The molecule has 3 N–H and O–H groups in total. The summed E-state index contributed by atoms with van der Waals surface area (Å²) in [5.74, 6) is 0. The van der Waals surface area contributed by atoms with Gasteiger partial charge in [-0.25, -0.2) is 13.1 Å². The van der Waals surface area contributed by atoms with Crippen molar-refractivity contribution in [2.45, 2.75) is 35.9 Å². The van der Waals surface area contributed by atoms with Crippen molar-refractivity contribution in [1.29, 1.82) is 0 Å². The van der Waals surface area contributed by atoms with E-state index < -0.39 is 32.2 Å². The molecule has 1 aromatic rings. The van der Waals surface area contributed by atoms with Crippen LogP contribution in [0.25, 0.3) is 0 Å². The summed E-state index contributed by atoms with van der Waals surface area (Å²) in [6.45, 7) is -0.0540. The molecule has 0 amide bonds. The Labute approximate surface area is 115 Å². The van der Waals surface area contributed by atoms with Gasteiger partial charge in [0.25, 0.3) is 0 Å². The van der Waals surface area contributed by atoms with E-state index in [1.54, 1.807) is 0 Å². The van der Waals surface area contributed by atoms with Crippen LogP contribution in [0.5, 0.6) is 0 Å². The van der Waals surface area contributed by atoms with Gasteiger partial charge >= 0.3 is 6.18 Å². The van der Waals surface area contributed by atoms with Crippen molar-refractivity contribution >= 4 is 10.0 Å². The quantitative estimate of drug-likeness (QED) is 0.892. The summed E-state index contributed by atoms with van der Waals surface area (Å²) in [5, 5.41) is 0. The Morgan fingerprint density at radius 2 is 1.85 bits per heavy atom. The van der Waals surface area contributed by atoms with Crippen molar-refractivity contribution in [1.82, 2.24) is 4.72 Å². The summed E-state index contributed by atoms with van der Waals surface area (Å²) in [6.07, 6.45) is -2.49. The summed E-state index contributed by atoms with van der Waals surface area (Å²) in [5.41, 5.74) is 4.05. The van der Waals surface area contributed by atoms with Crippen LogP contribution >= 0.6 is 0 Å². The van der Waals surface area contributed by atoms with Gasteiger partial charge < -0.3 is 5.73 Å². The first-order valence-electron chi connectivity index (χ1n) is 6.09. The van der Waals surface area contributed by atoms with Crippen LogP contribution in [0.2, 0.25) is 0 Å². The summed E-state index contributed by atoms with van der Waals surface area (Å²) in [7, 11) is -4.23. The van der Waals surface area contributed by atoms with Gasteiger partial charge in [0.05, 0.1) is 10.5 Å². The van der Waals surface area contributed by atoms with E-state index in [-0.39, 0.29) is 6.54 Å². The predicted molar refractivity (Wildman–Crippen MR) is 67.4 cm³/mol. The largest absolute Gasteiger partial charge is 0.417 e. The van der Waals surface area contributed by atoms with Crippen molar-refractivity contribution in [2.75, 3.05) is 6.54 Å². The average Bonchev–Trinajstić information content (AvgIpc) is 2.33. The first kappa shape index (κ1) is 15.3. The van der Waals surface area contributed by atoms with Gasteiger partial charge in [0.2, 0.25) is 10.0 Å². The van der Waals surface area contributed by atoms with Gasteiger partial charge in [0.15, 0.2) is 0 Å². The molecule has 112 valence electrons. The second-order valence-electron chi connectivity index (χ2n) is 5.03. The monoisotopic (exact) mass is 308 g/mol. The van der Waals surface area contributed by atoms with Crippen molar-refractivity contribution in [3.63, 3.8) is 0 Å². The van der Waals surface area contributed by atoms with Crippen LogP contribution < -0.4 is 10.5 Å². The third-order valence-electron chi connectivity index (χ3n) is 3.45. The number of alkyl halides is 3. The van der Waals surface area contributed by atoms with E-state index in [4.69, 9.17) is 5.73 Å². The summed E-state index contributed by atoms with van der Waals surface area (Å²) in [4.78, 5) is -0.768. The molecule has 0 saturated heterocycles. The zero-order valence-corrected chi connectivity index (χ0v) is 11.4. The molecule has 0 unspecified atom stereocenters. The van der Waals surface area contributed by atoms with E-state index in [9.17, 15) is 21.6 Å². The molecular formula is C12H15F3N2O2S. The standard InChI is InChI=1S/C12H15F3N2O2S/c13-12(14,15)9-4-1-2-5-10(9)20(18,19)17-8-11(16)6-3-7-11/h1-2,4-5,17H,3,6-8,16H2. The molecule has 0 aromatic heterocycles. The Morgan fingerprint density at radius 3 is 2.35 bits per heavy atom. The SMILES string of the molecule is NC1(CNS(=O)(=O)c2ccccc2C(F)(F)F)CCC1. The molecule has 8 heteroatoms. The van der Waals surface area contributed by atoms with Gasteiger partial charge in [-0.3, -0.25) is 0 Å². The third-order valence-corrected chi connectivity index (χ3v) is 4.90. The van der Waals surface area contributed by atoms with E-state index >= 15 is 0 Å². The van der Waals surface area contributed by atoms with E-state index in [2.05, 4.69) is 4.72 Å². The van der Waals surface area contributed by atoms with E-state index in [0.29, 0.717) is 12.8 Å². The number of rotatable bonds is 4. The van der Waals surface area contributed by atoms with Gasteiger partial charge in [-0.2, -0.15) is 13.2 Å². The highest BCUT2D eigenvalue weighted by Gasteiger charge is 2.38. The van der Waals surface area contributed by atoms with Gasteiger partial charge in [0, 0.05) is 12.1 Å².